The molecule has 0 aliphatic heterocycles. The van der Waals surface area contributed by atoms with Crippen LogP contribution in [0.2, 0.25) is 0 Å². The third kappa shape index (κ3) is 3.05. The molecule has 27 heavy (non-hydrogen) atoms. The summed E-state index contributed by atoms with van der Waals surface area (Å²) in [7, 11) is 0. The number of anilines is 1. The number of aromatic nitrogens is 4. The Morgan fingerprint density at radius 1 is 1.22 bits per heavy atom. The summed E-state index contributed by atoms with van der Waals surface area (Å²) in [4.78, 5) is 29.0. The Morgan fingerprint density at radius 3 is 2.85 bits per heavy atom. The largest absolute Gasteiger partial charge is 0.352 e. The number of hydrogen-bond donors (Lipinski definition) is 1. The van der Waals surface area contributed by atoms with Gasteiger partial charge in [-0.2, -0.15) is 0 Å². The molecule has 1 amide bonds. The van der Waals surface area contributed by atoms with Crippen LogP contribution < -0.4 is 11.0 Å². The smallest absolute Gasteiger partial charge is 0.324 e. The maximum Gasteiger partial charge on any atom is 0.352 e. The Hall–Kier alpha value is -3.55. The lowest BCUT2D eigenvalue weighted by Crippen LogP contribution is -2.28. The average molecular weight is 365 g/mol. The molecule has 0 saturated heterocycles. The molecule has 0 saturated carbocycles. The van der Waals surface area contributed by atoms with E-state index in [1.165, 1.54) is 28.9 Å². The zero-order valence-corrected chi connectivity index (χ0v) is 14.5. The number of halogens is 1. The third-order valence-electron chi connectivity index (χ3n) is 4.35. The van der Waals surface area contributed by atoms with Crippen molar-refractivity contribution >= 4 is 28.1 Å². The molecule has 0 atom stereocenters. The number of amides is 1. The molecule has 4 aromatic rings. The molecule has 0 spiro atoms. The number of nitrogens with zero attached hydrogens (tertiary/aromatic N) is 4. The number of hydrogen-bond acceptors (Lipinski definition) is 4. The first-order valence-electron chi connectivity index (χ1n) is 8.48. The molecule has 0 unspecified atom stereocenters. The summed E-state index contributed by atoms with van der Waals surface area (Å²) in [5, 5.41) is 7.58. The first-order chi connectivity index (χ1) is 13.1. The molecule has 136 valence electrons. The Balaban J connectivity index is 1.68. The third-order valence-corrected chi connectivity index (χ3v) is 4.35. The van der Waals surface area contributed by atoms with Gasteiger partial charge in [0.2, 0.25) is 5.91 Å². The molecule has 0 fully saturated rings. The summed E-state index contributed by atoms with van der Waals surface area (Å²) in [6.07, 6.45) is 2.06. The van der Waals surface area contributed by atoms with Gasteiger partial charge in [0.05, 0.1) is 5.52 Å². The van der Waals surface area contributed by atoms with Crippen molar-refractivity contribution in [1.82, 2.24) is 19.2 Å². The molecule has 2 aromatic carbocycles. The molecule has 7 nitrogen and oxygen atoms in total. The van der Waals surface area contributed by atoms with Crippen molar-refractivity contribution in [3.63, 3.8) is 0 Å². The van der Waals surface area contributed by atoms with Gasteiger partial charge in [0, 0.05) is 17.1 Å². The quantitative estimate of drug-likeness (QED) is 0.602. The van der Waals surface area contributed by atoms with E-state index in [1.807, 2.05) is 31.2 Å². The van der Waals surface area contributed by atoms with Crippen molar-refractivity contribution in [3.05, 3.63) is 70.7 Å². The number of carbonyl (C=O) groups excluding carboxylic acids is 1. The molecule has 1 N–H and O–H groups in total. The topological polar surface area (TPSA) is 81.3 Å². The van der Waals surface area contributed by atoms with Gasteiger partial charge in [0.1, 0.15) is 18.7 Å². The molecule has 4 rings (SSSR count). The van der Waals surface area contributed by atoms with Gasteiger partial charge in [-0.3, -0.25) is 4.79 Å². The molecule has 8 heteroatoms. The zero-order valence-electron chi connectivity index (χ0n) is 14.5. The standard InChI is InChI=1S/C19H16FN5O2/c1-2-12-5-3-4-6-15(12)22-17(26)10-25-19(27)24-11-21-16-9-13(20)7-8-14(16)18(24)23-25/h3-9,11H,2,10H2,1H3,(H,22,26). The molecule has 0 aliphatic rings. The lowest BCUT2D eigenvalue weighted by Gasteiger charge is -2.09. The fraction of sp³-hybridized carbons (Fsp3) is 0.158. The van der Waals surface area contributed by atoms with Crippen LogP contribution in [0.4, 0.5) is 10.1 Å². The molecule has 0 bridgehead atoms. The number of nitrogens with one attached hydrogen (secondary N) is 1. The van der Waals surface area contributed by atoms with Crippen LogP contribution in [-0.4, -0.2) is 25.1 Å². The minimum atomic E-state index is -0.484. The maximum absolute atomic E-state index is 13.4. The second-order valence-electron chi connectivity index (χ2n) is 6.10. The van der Waals surface area contributed by atoms with Gasteiger partial charge in [0.25, 0.3) is 0 Å². The van der Waals surface area contributed by atoms with Crippen molar-refractivity contribution < 1.29 is 9.18 Å². The van der Waals surface area contributed by atoms with Gasteiger partial charge in [-0.15, -0.1) is 5.10 Å². The summed E-state index contributed by atoms with van der Waals surface area (Å²) >= 11 is 0. The number of para-hydroxylation sites is 1. The Kier molecular flexibility index (Phi) is 4.15. The van der Waals surface area contributed by atoms with Crippen molar-refractivity contribution in [2.24, 2.45) is 0 Å². The Morgan fingerprint density at radius 2 is 2.04 bits per heavy atom. The summed E-state index contributed by atoms with van der Waals surface area (Å²) in [5.74, 6) is -0.778. The highest BCUT2D eigenvalue weighted by atomic mass is 19.1. The van der Waals surface area contributed by atoms with Crippen molar-refractivity contribution in [2.45, 2.75) is 19.9 Å². The van der Waals surface area contributed by atoms with E-state index < -0.39 is 11.5 Å². The number of fused-ring (bicyclic) bond motifs is 3. The molecule has 0 aliphatic carbocycles. The van der Waals surface area contributed by atoms with Gasteiger partial charge in [-0.1, -0.05) is 25.1 Å². The molecular weight excluding hydrogens is 349 g/mol. The van der Waals surface area contributed by atoms with E-state index in [0.29, 0.717) is 22.2 Å². The zero-order chi connectivity index (χ0) is 19.0. The van der Waals surface area contributed by atoms with E-state index in [0.717, 1.165) is 16.7 Å². The highest BCUT2D eigenvalue weighted by Crippen LogP contribution is 2.17. The predicted molar refractivity (Wildman–Crippen MR) is 99.2 cm³/mol. The van der Waals surface area contributed by atoms with Gasteiger partial charge < -0.3 is 5.32 Å². The van der Waals surface area contributed by atoms with Crippen LogP contribution in [0.1, 0.15) is 12.5 Å². The van der Waals surface area contributed by atoms with Crippen molar-refractivity contribution in [2.75, 3.05) is 5.32 Å². The van der Waals surface area contributed by atoms with E-state index >= 15 is 0 Å². The van der Waals surface area contributed by atoms with E-state index in [9.17, 15) is 14.0 Å². The second kappa shape index (κ2) is 6.64. The molecule has 2 aromatic heterocycles. The molecule has 2 heterocycles. The summed E-state index contributed by atoms with van der Waals surface area (Å²) in [6.45, 7) is 1.76. The van der Waals surface area contributed by atoms with Crippen molar-refractivity contribution in [3.8, 4) is 0 Å². The number of carbonyl (C=O) groups is 1. The molecule has 0 radical (unpaired) electrons. The first-order valence-corrected chi connectivity index (χ1v) is 8.48. The van der Waals surface area contributed by atoms with Crippen LogP contribution >= 0.6 is 0 Å². The van der Waals surface area contributed by atoms with Crippen LogP contribution in [0, 0.1) is 5.82 Å². The SMILES string of the molecule is CCc1ccccc1NC(=O)Cn1nc2c3ccc(F)cc3ncn2c1=O. The minimum Gasteiger partial charge on any atom is -0.324 e. The van der Waals surface area contributed by atoms with E-state index in [-0.39, 0.29) is 12.5 Å². The monoisotopic (exact) mass is 365 g/mol. The lowest BCUT2D eigenvalue weighted by atomic mass is 10.1. The van der Waals surface area contributed by atoms with Crippen LogP contribution in [0.5, 0.6) is 0 Å². The highest BCUT2D eigenvalue weighted by Gasteiger charge is 2.14. The number of rotatable bonds is 4. The van der Waals surface area contributed by atoms with Gasteiger partial charge in [0.15, 0.2) is 5.65 Å². The second-order valence-corrected chi connectivity index (χ2v) is 6.10. The molecular formula is C19H16FN5O2. The average Bonchev–Trinajstić information content (AvgIpc) is 2.97. The normalized spacial score (nSPS) is 11.2. The summed E-state index contributed by atoms with van der Waals surface area (Å²) in [5.41, 5.74) is 1.95. The van der Waals surface area contributed by atoms with E-state index in [1.54, 1.807) is 0 Å². The fourth-order valence-electron chi connectivity index (χ4n) is 3.01. The van der Waals surface area contributed by atoms with Crippen LogP contribution in [0.3, 0.4) is 0 Å². The van der Waals surface area contributed by atoms with Crippen LogP contribution in [0.25, 0.3) is 16.6 Å². The number of benzene rings is 2. The van der Waals surface area contributed by atoms with E-state index in [4.69, 9.17) is 0 Å². The maximum atomic E-state index is 13.4. The van der Waals surface area contributed by atoms with Crippen LogP contribution in [-0.2, 0) is 17.8 Å². The fourth-order valence-corrected chi connectivity index (χ4v) is 3.01. The lowest BCUT2D eigenvalue weighted by molar-refractivity contribution is -0.117. The minimum absolute atomic E-state index is 0.235. The Bertz CT molecular complexity index is 1230. The Labute approximate surface area is 153 Å². The first kappa shape index (κ1) is 16.9. The van der Waals surface area contributed by atoms with Crippen LogP contribution in [0.15, 0.2) is 53.6 Å². The summed E-state index contributed by atoms with van der Waals surface area (Å²) < 4.78 is 15.7. The van der Waals surface area contributed by atoms with Gasteiger partial charge >= 0.3 is 5.69 Å². The van der Waals surface area contributed by atoms with Gasteiger partial charge in [-0.05, 0) is 30.2 Å². The number of aryl methyl sites for hydroxylation is 1. The van der Waals surface area contributed by atoms with Gasteiger partial charge in [-0.25, -0.2) is 23.3 Å². The van der Waals surface area contributed by atoms with E-state index in [2.05, 4.69) is 15.4 Å². The van der Waals surface area contributed by atoms with Crippen molar-refractivity contribution in [1.29, 1.82) is 0 Å². The predicted octanol–water partition coefficient (Wildman–Crippen LogP) is 2.38. The highest BCUT2D eigenvalue weighted by molar-refractivity contribution is 5.92. The summed E-state index contributed by atoms with van der Waals surface area (Å²) in [6, 6.07) is 11.6.